The first-order valence-corrected chi connectivity index (χ1v) is 8.34. The molecule has 1 aromatic carbocycles. The first kappa shape index (κ1) is 16.6. The SMILES string of the molecule is CO[Si](CCCNC(=O)Nc1ccccc1)(OC)OC. The summed E-state index contributed by atoms with van der Waals surface area (Å²) in [4.78, 5) is 11.6. The fourth-order valence-corrected chi connectivity index (χ4v) is 3.48. The molecule has 0 unspecified atom stereocenters. The van der Waals surface area contributed by atoms with Crippen LogP contribution in [0.1, 0.15) is 6.42 Å². The molecule has 0 aliphatic heterocycles. The zero-order chi connectivity index (χ0) is 14.8. The van der Waals surface area contributed by atoms with Gasteiger partial charge in [-0.25, -0.2) is 4.79 Å². The molecule has 7 heteroatoms. The van der Waals surface area contributed by atoms with Gasteiger partial charge < -0.3 is 23.9 Å². The number of carbonyl (C=O) groups excluding carboxylic acids is 1. The first-order chi connectivity index (χ1) is 9.65. The Bertz CT molecular complexity index is 390. The van der Waals surface area contributed by atoms with Gasteiger partial charge >= 0.3 is 14.8 Å². The summed E-state index contributed by atoms with van der Waals surface area (Å²) >= 11 is 0. The zero-order valence-electron chi connectivity index (χ0n) is 12.1. The predicted molar refractivity (Wildman–Crippen MR) is 79.7 cm³/mol. The summed E-state index contributed by atoms with van der Waals surface area (Å²) in [5.74, 6) is 0. The summed E-state index contributed by atoms with van der Waals surface area (Å²) in [6.45, 7) is 0.531. The summed E-state index contributed by atoms with van der Waals surface area (Å²) in [7, 11) is 2.20. The van der Waals surface area contributed by atoms with Crippen LogP contribution in [0.15, 0.2) is 30.3 Å². The molecule has 0 radical (unpaired) electrons. The van der Waals surface area contributed by atoms with E-state index in [0.29, 0.717) is 12.6 Å². The average Bonchev–Trinajstić information content (AvgIpc) is 2.49. The monoisotopic (exact) mass is 298 g/mol. The minimum Gasteiger partial charge on any atom is -0.377 e. The highest BCUT2D eigenvalue weighted by Crippen LogP contribution is 2.14. The second kappa shape index (κ2) is 8.70. The summed E-state index contributed by atoms with van der Waals surface area (Å²) in [5.41, 5.74) is 0.763. The van der Waals surface area contributed by atoms with Crippen molar-refractivity contribution in [3.63, 3.8) is 0 Å². The minimum atomic E-state index is -2.54. The number of hydrogen-bond acceptors (Lipinski definition) is 4. The van der Waals surface area contributed by atoms with Crippen molar-refractivity contribution >= 4 is 20.5 Å². The Morgan fingerprint density at radius 2 is 1.70 bits per heavy atom. The third kappa shape index (κ3) is 5.30. The summed E-state index contributed by atoms with van der Waals surface area (Å²) in [6.07, 6.45) is 0.726. The second-order valence-corrected chi connectivity index (χ2v) is 7.24. The molecule has 0 heterocycles. The van der Waals surface area contributed by atoms with Crippen LogP contribution in [0.25, 0.3) is 0 Å². The molecule has 0 bridgehead atoms. The maximum Gasteiger partial charge on any atom is 0.500 e. The highest BCUT2D eigenvalue weighted by molar-refractivity contribution is 6.60. The number of nitrogens with one attached hydrogen (secondary N) is 2. The lowest BCUT2D eigenvalue weighted by Crippen LogP contribution is -2.43. The Morgan fingerprint density at radius 3 is 2.25 bits per heavy atom. The highest BCUT2D eigenvalue weighted by atomic mass is 28.4. The second-order valence-electron chi connectivity index (χ2n) is 4.15. The molecular weight excluding hydrogens is 276 g/mol. The van der Waals surface area contributed by atoms with Gasteiger partial charge in [0.25, 0.3) is 0 Å². The fourth-order valence-electron chi connectivity index (χ4n) is 1.76. The van der Waals surface area contributed by atoms with Crippen LogP contribution in [0.2, 0.25) is 6.04 Å². The lowest BCUT2D eigenvalue weighted by molar-refractivity contribution is 0.123. The zero-order valence-corrected chi connectivity index (χ0v) is 13.1. The van der Waals surface area contributed by atoms with E-state index in [1.807, 2.05) is 30.3 Å². The van der Waals surface area contributed by atoms with Crippen molar-refractivity contribution in [2.45, 2.75) is 12.5 Å². The first-order valence-electron chi connectivity index (χ1n) is 6.41. The largest absolute Gasteiger partial charge is 0.500 e. The Kier molecular flexibility index (Phi) is 7.24. The number of anilines is 1. The van der Waals surface area contributed by atoms with Crippen LogP contribution >= 0.6 is 0 Å². The van der Waals surface area contributed by atoms with Crippen molar-refractivity contribution in [1.82, 2.24) is 5.32 Å². The number of urea groups is 1. The van der Waals surface area contributed by atoms with Gasteiger partial charge in [0.05, 0.1) is 0 Å². The van der Waals surface area contributed by atoms with Gasteiger partial charge in [0.2, 0.25) is 0 Å². The van der Waals surface area contributed by atoms with Crippen LogP contribution in [0.4, 0.5) is 10.5 Å². The van der Waals surface area contributed by atoms with Crippen molar-refractivity contribution < 1.29 is 18.1 Å². The molecule has 0 fully saturated rings. The van der Waals surface area contributed by atoms with Crippen molar-refractivity contribution in [2.24, 2.45) is 0 Å². The van der Waals surface area contributed by atoms with Crippen LogP contribution in [0, 0.1) is 0 Å². The van der Waals surface area contributed by atoms with Crippen LogP contribution in [-0.4, -0.2) is 42.7 Å². The fraction of sp³-hybridized carbons (Fsp3) is 0.462. The molecule has 0 atom stereocenters. The molecule has 20 heavy (non-hydrogen) atoms. The van der Waals surface area contributed by atoms with Crippen LogP contribution in [0.5, 0.6) is 0 Å². The van der Waals surface area contributed by atoms with Gasteiger partial charge in [-0.05, 0) is 18.6 Å². The Labute approximate surface area is 120 Å². The average molecular weight is 298 g/mol. The summed E-state index contributed by atoms with van der Waals surface area (Å²) < 4.78 is 15.9. The molecule has 6 nitrogen and oxygen atoms in total. The molecule has 0 aliphatic rings. The van der Waals surface area contributed by atoms with Gasteiger partial charge in [-0.15, -0.1) is 0 Å². The third-order valence-corrected chi connectivity index (χ3v) is 5.74. The summed E-state index contributed by atoms with van der Waals surface area (Å²) in [5, 5.41) is 5.53. The van der Waals surface area contributed by atoms with Gasteiger partial charge in [-0.3, -0.25) is 0 Å². The Hall–Kier alpha value is -1.41. The molecule has 1 aromatic rings. The Balaban J connectivity index is 2.25. The molecule has 2 amide bonds. The van der Waals surface area contributed by atoms with Crippen molar-refractivity contribution in [1.29, 1.82) is 0 Å². The molecule has 0 saturated heterocycles. The number of amides is 2. The third-order valence-electron chi connectivity index (χ3n) is 2.91. The van der Waals surface area contributed by atoms with Gasteiger partial charge in [0.15, 0.2) is 0 Å². The van der Waals surface area contributed by atoms with E-state index in [-0.39, 0.29) is 6.03 Å². The Morgan fingerprint density at radius 1 is 1.10 bits per heavy atom. The smallest absolute Gasteiger partial charge is 0.377 e. The van der Waals surface area contributed by atoms with E-state index >= 15 is 0 Å². The van der Waals surface area contributed by atoms with Gasteiger partial charge in [0.1, 0.15) is 0 Å². The number of benzene rings is 1. The summed E-state index contributed by atoms with van der Waals surface area (Å²) in [6, 6.07) is 9.72. The van der Waals surface area contributed by atoms with E-state index in [0.717, 1.165) is 12.1 Å². The number of carbonyl (C=O) groups is 1. The molecule has 1 rings (SSSR count). The van der Waals surface area contributed by atoms with E-state index in [2.05, 4.69) is 10.6 Å². The lowest BCUT2D eigenvalue weighted by Gasteiger charge is -2.24. The number of hydrogen-bond donors (Lipinski definition) is 2. The van der Waals surface area contributed by atoms with Gasteiger partial charge in [0, 0.05) is 39.6 Å². The number of rotatable bonds is 8. The highest BCUT2D eigenvalue weighted by Gasteiger charge is 2.36. The normalized spacial score (nSPS) is 11.2. The van der Waals surface area contributed by atoms with Gasteiger partial charge in [-0.1, -0.05) is 18.2 Å². The maximum absolute atomic E-state index is 11.6. The van der Waals surface area contributed by atoms with E-state index in [1.165, 1.54) is 0 Å². The van der Waals surface area contributed by atoms with Gasteiger partial charge in [-0.2, -0.15) is 0 Å². The quantitative estimate of drug-likeness (QED) is 0.569. The standard InChI is InChI=1S/C13H22N2O4Si/c1-17-20(18-2,19-3)11-7-10-14-13(16)15-12-8-5-4-6-9-12/h4-6,8-9H,7,10-11H2,1-3H3,(H2,14,15,16). The minimum absolute atomic E-state index is 0.226. The van der Waals surface area contributed by atoms with Crippen LogP contribution in [0.3, 0.4) is 0 Å². The van der Waals surface area contributed by atoms with Crippen LogP contribution < -0.4 is 10.6 Å². The van der Waals surface area contributed by atoms with E-state index in [9.17, 15) is 4.79 Å². The van der Waals surface area contributed by atoms with Crippen molar-refractivity contribution in [2.75, 3.05) is 33.2 Å². The predicted octanol–water partition coefficient (Wildman–Crippen LogP) is 2.08. The molecule has 0 aliphatic carbocycles. The molecule has 0 aromatic heterocycles. The van der Waals surface area contributed by atoms with E-state index in [4.69, 9.17) is 13.3 Å². The van der Waals surface area contributed by atoms with E-state index < -0.39 is 8.80 Å². The molecule has 2 N–H and O–H groups in total. The van der Waals surface area contributed by atoms with Crippen molar-refractivity contribution in [3.05, 3.63) is 30.3 Å². The molecule has 0 saturated carbocycles. The van der Waals surface area contributed by atoms with Crippen LogP contribution in [-0.2, 0) is 13.3 Å². The topological polar surface area (TPSA) is 68.8 Å². The van der Waals surface area contributed by atoms with E-state index in [1.54, 1.807) is 21.3 Å². The number of para-hydroxylation sites is 1. The maximum atomic E-state index is 11.6. The molecule has 0 spiro atoms. The van der Waals surface area contributed by atoms with Crippen molar-refractivity contribution in [3.8, 4) is 0 Å². The molecular formula is C13H22N2O4Si. The lowest BCUT2D eigenvalue weighted by atomic mass is 10.3. The molecule has 112 valence electrons.